The number of benzene rings is 1. The van der Waals surface area contributed by atoms with Crippen LogP contribution in [0.1, 0.15) is 46.6 Å². The lowest BCUT2D eigenvalue weighted by atomic mass is 10.1. The number of hydrogen-bond donors (Lipinski definition) is 1. The van der Waals surface area contributed by atoms with Crippen molar-refractivity contribution >= 4 is 5.69 Å². The Morgan fingerprint density at radius 1 is 1.20 bits per heavy atom. The van der Waals surface area contributed by atoms with Crippen LogP contribution in [0.2, 0.25) is 0 Å². The summed E-state index contributed by atoms with van der Waals surface area (Å²) in [6.45, 7) is 13.6. The molecule has 0 atom stereocenters. The van der Waals surface area contributed by atoms with Crippen LogP contribution in [0.15, 0.2) is 18.2 Å². The minimum absolute atomic E-state index is 0.157. The number of anilines is 1. The van der Waals surface area contributed by atoms with E-state index in [1.807, 2.05) is 6.07 Å². The molecular weight excluding hydrogens is 251 g/mol. The maximum atomic E-state index is 13.5. The third kappa shape index (κ3) is 5.12. The number of halogens is 1. The van der Waals surface area contributed by atoms with Crippen LogP contribution in [0.25, 0.3) is 0 Å². The van der Waals surface area contributed by atoms with Gasteiger partial charge in [-0.3, -0.25) is 0 Å². The molecule has 114 valence electrons. The second-order valence-corrected chi connectivity index (χ2v) is 6.09. The van der Waals surface area contributed by atoms with Gasteiger partial charge in [0.2, 0.25) is 0 Å². The van der Waals surface area contributed by atoms with Gasteiger partial charge in [-0.1, -0.05) is 20.8 Å². The number of hydrogen-bond acceptors (Lipinski definition) is 2. The molecule has 0 aliphatic heterocycles. The summed E-state index contributed by atoms with van der Waals surface area (Å²) in [7, 11) is 0. The molecule has 3 heteroatoms. The molecule has 0 saturated carbocycles. The molecule has 0 aliphatic rings. The first-order valence-electron chi connectivity index (χ1n) is 7.71. The van der Waals surface area contributed by atoms with Crippen LogP contribution in [-0.4, -0.2) is 19.1 Å². The molecule has 20 heavy (non-hydrogen) atoms. The minimum atomic E-state index is -0.157. The molecular formula is C17H29FN2. The Morgan fingerprint density at radius 3 is 2.45 bits per heavy atom. The third-order valence-corrected chi connectivity index (χ3v) is 3.28. The molecule has 0 radical (unpaired) electrons. The average molecular weight is 280 g/mol. The van der Waals surface area contributed by atoms with Crippen LogP contribution in [0.5, 0.6) is 0 Å². The number of nitrogens with zero attached hydrogens (tertiary/aromatic N) is 1. The van der Waals surface area contributed by atoms with E-state index in [0.717, 1.165) is 37.3 Å². The van der Waals surface area contributed by atoms with Crippen LogP contribution in [-0.2, 0) is 6.54 Å². The molecule has 0 aliphatic carbocycles. The van der Waals surface area contributed by atoms with Gasteiger partial charge in [0, 0.05) is 24.8 Å². The van der Waals surface area contributed by atoms with Crippen molar-refractivity contribution in [1.29, 1.82) is 0 Å². The van der Waals surface area contributed by atoms with E-state index in [2.05, 4.69) is 44.8 Å². The predicted molar refractivity (Wildman–Crippen MR) is 85.7 cm³/mol. The monoisotopic (exact) mass is 280 g/mol. The third-order valence-electron chi connectivity index (χ3n) is 3.28. The maximum Gasteiger partial charge on any atom is 0.123 e. The van der Waals surface area contributed by atoms with Crippen molar-refractivity contribution in [3.63, 3.8) is 0 Å². The highest BCUT2D eigenvalue weighted by Crippen LogP contribution is 2.25. The summed E-state index contributed by atoms with van der Waals surface area (Å²) >= 11 is 0. The van der Waals surface area contributed by atoms with Gasteiger partial charge < -0.3 is 10.2 Å². The Balaban J connectivity index is 2.99. The molecule has 0 aromatic heterocycles. The van der Waals surface area contributed by atoms with Crippen LogP contribution in [0.3, 0.4) is 0 Å². The van der Waals surface area contributed by atoms with Crippen molar-refractivity contribution in [3.05, 3.63) is 29.6 Å². The zero-order valence-corrected chi connectivity index (χ0v) is 13.5. The standard InChI is InChI=1S/C17H29FN2/c1-6-9-19-11-15-10-16(18)7-8-17(15)20(14(4)5)12-13(2)3/h7-8,10,13-14,19H,6,9,11-12H2,1-5H3. The van der Waals surface area contributed by atoms with Gasteiger partial charge in [0.1, 0.15) is 5.82 Å². The van der Waals surface area contributed by atoms with E-state index in [0.29, 0.717) is 12.0 Å². The molecule has 1 aromatic carbocycles. The zero-order valence-electron chi connectivity index (χ0n) is 13.5. The van der Waals surface area contributed by atoms with Crippen molar-refractivity contribution in [1.82, 2.24) is 5.32 Å². The van der Waals surface area contributed by atoms with Gasteiger partial charge >= 0.3 is 0 Å². The van der Waals surface area contributed by atoms with E-state index < -0.39 is 0 Å². The van der Waals surface area contributed by atoms with Crippen LogP contribution in [0, 0.1) is 11.7 Å². The molecule has 0 bridgehead atoms. The average Bonchev–Trinajstić information content (AvgIpc) is 2.36. The van der Waals surface area contributed by atoms with E-state index in [4.69, 9.17) is 0 Å². The fraction of sp³-hybridized carbons (Fsp3) is 0.647. The van der Waals surface area contributed by atoms with Gasteiger partial charge in [-0.2, -0.15) is 0 Å². The Morgan fingerprint density at radius 2 is 1.90 bits per heavy atom. The fourth-order valence-electron chi connectivity index (χ4n) is 2.36. The first kappa shape index (κ1) is 17.0. The number of nitrogens with one attached hydrogen (secondary N) is 1. The summed E-state index contributed by atoms with van der Waals surface area (Å²) in [5.74, 6) is 0.425. The van der Waals surface area contributed by atoms with Crippen LogP contribution >= 0.6 is 0 Å². The Hall–Kier alpha value is -1.09. The molecule has 1 N–H and O–H groups in total. The Bertz CT molecular complexity index is 402. The summed E-state index contributed by atoms with van der Waals surface area (Å²) in [6, 6.07) is 5.55. The Kier molecular flexibility index (Phi) is 7.00. The molecule has 1 rings (SSSR count). The highest BCUT2D eigenvalue weighted by Gasteiger charge is 2.16. The first-order chi connectivity index (χ1) is 9.45. The molecule has 0 saturated heterocycles. The SMILES string of the molecule is CCCNCc1cc(F)ccc1N(CC(C)C)C(C)C. The largest absolute Gasteiger partial charge is 0.369 e. The van der Waals surface area contributed by atoms with Crippen molar-refractivity contribution in [2.24, 2.45) is 5.92 Å². The predicted octanol–water partition coefficient (Wildman–Crippen LogP) is 4.20. The molecule has 0 spiro atoms. The lowest BCUT2D eigenvalue weighted by Crippen LogP contribution is -2.35. The second-order valence-electron chi connectivity index (χ2n) is 6.09. The summed E-state index contributed by atoms with van der Waals surface area (Å²) in [5.41, 5.74) is 2.20. The summed E-state index contributed by atoms with van der Waals surface area (Å²) in [4.78, 5) is 2.37. The number of rotatable bonds is 8. The highest BCUT2D eigenvalue weighted by molar-refractivity contribution is 5.54. The van der Waals surface area contributed by atoms with E-state index >= 15 is 0 Å². The quantitative estimate of drug-likeness (QED) is 0.718. The first-order valence-corrected chi connectivity index (χ1v) is 7.71. The lowest BCUT2D eigenvalue weighted by Gasteiger charge is -2.32. The molecule has 0 fully saturated rings. The highest BCUT2D eigenvalue weighted by atomic mass is 19.1. The smallest absolute Gasteiger partial charge is 0.123 e. The molecule has 2 nitrogen and oxygen atoms in total. The summed E-state index contributed by atoms with van der Waals surface area (Å²) in [5, 5.41) is 3.37. The second kappa shape index (κ2) is 8.25. The minimum Gasteiger partial charge on any atom is -0.369 e. The Labute approximate surface area is 123 Å². The van der Waals surface area contributed by atoms with Gasteiger partial charge in [-0.25, -0.2) is 4.39 Å². The van der Waals surface area contributed by atoms with Crippen LogP contribution in [0.4, 0.5) is 10.1 Å². The van der Waals surface area contributed by atoms with E-state index in [-0.39, 0.29) is 5.82 Å². The summed E-state index contributed by atoms with van der Waals surface area (Å²) < 4.78 is 13.5. The molecule has 1 aromatic rings. The van der Waals surface area contributed by atoms with Gasteiger partial charge in [0.25, 0.3) is 0 Å². The normalized spacial score (nSPS) is 11.4. The fourth-order valence-corrected chi connectivity index (χ4v) is 2.36. The molecule has 0 amide bonds. The van der Waals surface area contributed by atoms with E-state index in [1.165, 1.54) is 0 Å². The van der Waals surface area contributed by atoms with E-state index in [9.17, 15) is 4.39 Å². The van der Waals surface area contributed by atoms with Crippen molar-refractivity contribution in [2.45, 2.75) is 53.6 Å². The van der Waals surface area contributed by atoms with Crippen LogP contribution < -0.4 is 10.2 Å². The van der Waals surface area contributed by atoms with Gasteiger partial charge in [-0.05, 0) is 56.5 Å². The van der Waals surface area contributed by atoms with Crippen molar-refractivity contribution in [3.8, 4) is 0 Å². The summed E-state index contributed by atoms with van der Waals surface area (Å²) in [6.07, 6.45) is 1.09. The van der Waals surface area contributed by atoms with Crippen molar-refractivity contribution in [2.75, 3.05) is 18.0 Å². The van der Waals surface area contributed by atoms with Gasteiger partial charge in [-0.15, -0.1) is 0 Å². The lowest BCUT2D eigenvalue weighted by molar-refractivity contribution is 0.564. The zero-order chi connectivity index (χ0) is 15.1. The van der Waals surface area contributed by atoms with Gasteiger partial charge in [0.05, 0.1) is 0 Å². The molecule has 0 heterocycles. The van der Waals surface area contributed by atoms with Crippen molar-refractivity contribution < 1.29 is 4.39 Å². The van der Waals surface area contributed by atoms with E-state index in [1.54, 1.807) is 12.1 Å². The van der Waals surface area contributed by atoms with Gasteiger partial charge in [0.15, 0.2) is 0 Å². The topological polar surface area (TPSA) is 15.3 Å². The molecule has 0 unspecified atom stereocenters. The maximum absolute atomic E-state index is 13.5.